The smallest absolute Gasteiger partial charge is 0.338 e. The average Bonchev–Trinajstić information content (AvgIpc) is 2.72. The van der Waals surface area contributed by atoms with Gasteiger partial charge in [-0.25, -0.2) is 17.5 Å². The highest BCUT2D eigenvalue weighted by Gasteiger charge is 2.20. The Kier molecular flexibility index (Phi) is 7.85. The van der Waals surface area contributed by atoms with Gasteiger partial charge in [-0.3, -0.25) is 9.59 Å². The van der Waals surface area contributed by atoms with Crippen molar-refractivity contribution in [3.05, 3.63) is 65.7 Å². The zero-order chi connectivity index (χ0) is 22.3. The molecule has 1 amide bonds. The molecule has 0 radical (unpaired) electrons. The van der Waals surface area contributed by atoms with Gasteiger partial charge in [0.15, 0.2) is 12.4 Å². The number of Topliss-reactive ketones (excluding diaryl/α,β-unsaturated/α-hetero) is 1. The van der Waals surface area contributed by atoms with Gasteiger partial charge in [-0.1, -0.05) is 30.3 Å². The Morgan fingerprint density at radius 2 is 1.60 bits per heavy atom. The normalized spacial score (nSPS) is 12.3. The summed E-state index contributed by atoms with van der Waals surface area (Å²) < 4.78 is 30.1. The Morgan fingerprint density at radius 1 is 1.00 bits per heavy atom. The van der Waals surface area contributed by atoms with Gasteiger partial charge in [-0.15, -0.1) is 0 Å². The van der Waals surface area contributed by atoms with Gasteiger partial charge in [0.25, 0.3) is 5.91 Å². The van der Waals surface area contributed by atoms with E-state index in [0.29, 0.717) is 6.42 Å². The fourth-order valence-electron chi connectivity index (χ4n) is 2.57. The molecule has 1 atom stereocenters. The largest absolute Gasteiger partial charge is 0.452 e. The van der Waals surface area contributed by atoms with E-state index in [-0.39, 0.29) is 16.2 Å². The summed E-state index contributed by atoms with van der Waals surface area (Å²) in [4.78, 5) is 36.1. The van der Waals surface area contributed by atoms with Gasteiger partial charge in [0.1, 0.15) is 0 Å². The van der Waals surface area contributed by atoms with E-state index in [1.165, 1.54) is 45.3 Å². The number of sulfonamides is 1. The fourth-order valence-corrected chi connectivity index (χ4v) is 3.47. The van der Waals surface area contributed by atoms with Crippen LogP contribution in [0.25, 0.3) is 0 Å². The highest BCUT2D eigenvalue weighted by Crippen LogP contribution is 2.14. The fraction of sp³-hybridized carbons (Fsp3) is 0.286. The number of ketones is 1. The summed E-state index contributed by atoms with van der Waals surface area (Å²) in [6, 6.07) is 13.7. The van der Waals surface area contributed by atoms with Crippen molar-refractivity contribution in [2.75, 3.05) is 20.7 Å². The summed E-state index contributed by atoms with van der Waals surface area (Å²) in [6.45, 7) is 0.818. The van der Waals surface area contributed by atoms with Crippen LogP contribution in [-0.4, -0.2) is 57.1 Å². The summed E-state index contributed by atoms with van der Waals surface area (Å²) in [5, 5.41) is 2.56. The molecule has 160 valence electrons. The van der Waals surface area contributed by atoms with Crippen molar-refractivity contribution in [3.63, 3.8) is 0 Å². The maximum atomic E-state index is 12.1. The molecular weight excluding hydrogens is 408 g/mol. The van der Waals surface area contributed by atoms with E-state index in [1.807, 2.05) is 30.3 Å². The first-order valence-electron chi connectivity index (χ1n) is 9.14. The van der Waals surface area contributed by atoms with Crippen LogP contribution in [0.4, 0.5) is 0 Å². The van der Waals surface area contributed by atoms with Crippen LogP contribution >= 0.6 is 0 Å². The molecule has 1 N–H and O–H groups in total. The van der Waals surface area contributed by atoms with Crippen LogP contribution in [0, 0.1) is 0 Å². The number of hydrogen-bond donors (Lipinski definition) is 1. The van der Waals surface area contributed by atoms with Crippen LogP contribution < -0.4 is 5.32 Å². The minimum absolute atomic E-state index is 0.0343. The third-order valence-corrected chi connectivity index (χ3v) is 6.14. The van der Waals surface area contributed by atoms with E-state index in [2.05, 4.69) is 5.32 Å². The third kappa shape index (κ3) is 6.23. The zero-order valence-electron chi connectivity index (χ0n) is 17.0. The summed E-state index contributed by atoms with van der Waals surface area (Å²) in [7, 11) is -0.797. The number of amides is 1. The molecule has 0 aliphatic carbocycles. The summed E-state index contributed by atoms with van der Waals surface area (Å²) in [6.07, 6.45) is 0.331. The van der Waals surface area contributed by atoms with Gasteiger partial charge in [0.2, 0.25) is 10.0 Å². The van der Waals surface area contributed by atoms with Crippen LogP contribution in [0.3, 0.4) is 0 Å². The van der Waals surface area contributed by atoms with Gasteiger partial charge in [0.05, 0.1) is 16.5 Å². The monoisotopic (exact) mass is 432 g/mol. The topological polar surface area (TPSA) is 110 Å². The molecule has 30 heavy (non-hydrogen) atoms. The number of ether oxygens (including phenoxy) is 1. The Bertz CT molecular complexity index is 1000. The summed E-state index contributed by atoms with van der Waals surface area (Å²) in [5.74, 6) is -1.59. The first-order chi connectivity index (χ1) is 14.1. The van der Waals surface area contributed by atoms with E-state index >= 15 is 0 Å². The highest BCUT2D eigenvalue weighted by molar-refractivity contribution is 7.89. The SMILES string of the molecule is CC(=O)C(Cc1ccccc1)NC(=O)COC(=O)c1ccc(S(=O)(=O)N(C)C)cc1. The van der Waals surface area contributed by atoms with Gasteiger partial charge < -0.3 is 10.1 Å². The van der Waals surface area contributed by atoms with Crippen molar-refractivity contribution in [1.29, 1.82) is 0 Å². The van der Waals surface area contributed by atoms with Crippen molar-refractivity contribution < 1.29 is 27.5 Å². The zero-order valence-corrected chi connectivity index (χ0v) is 17.8. The Labute approximate surface area is 175 Å². The first-order valence-corrected chi connectivity index (χ1v) is 10.6. The van der Waals surface area contributed by atoms with Crippen LogP contribution in [0.15, 0.2) is 59.5 Å². The van der Waals surface area contributed by atoms with Gasteiger partial charge in [0, 0.05) is 14.1 Å². The molecular formula is C21H24N2O6S. The second-order valence-corrected chi connectivity index (χ2v) is 8.96. The number of benzene rings is 2. The lowest BCUT2D eigenvalue weighted by Gasteiger charge is -2.16. The molecule has 0 spiro atoms. The van der Waals surface area contributed by atoms with Gasteiger partial charge >= 0.3 is 5.97 Å². The maximum Gasteiger partial charge on any atom is 0.338 e. The van der Waals surface area contributed by atoms with Crippen LogP contribution in [-0.2, 0) is 30.8 Å². The molecule has 2 rings (SSSR count). The molecule has 2 aromatic carbocycles. The number of carbonyl (C=O) groups is 3. The average molecular weight is 432 g/mol. The van der Waals surface area contributed by atoms with E-state index in [9.17, 15) is 22.8 Å². The predicted octanol–water partition coefficient (Wildman–Crippen LogP) is 1.41. The summed E-state index contributed by atoms with van der Waals surface area (Å²) in [5.41, 5.74) is 0.996. The van der Waals surface area contributed by atoms with Gasteiger partial charge in [-0.05, 0) is 43.2 Å². The first kappa shape index (κ1) is 23.2. The van der Waals surface area contributed by atoms with Gasteiger partial charge in [-0.2, -0.15) is 0 Å². The maximum absolute atomic E-state index is 12.1. The molecule has 0 heterocycles. The van der Waals surface area contributed by atoms with Crippen LogP contribution in [0.2, 0.25) is 0 Å². The number of rotatable bonds is 9. The van der Waals surface area contributed by atoms with E-state index < -0.39 is 34.5 Å². The lowest BCUT2D eigenvalue weighted by atomic mass is 10.0. The molecule has 0 bridgehead atoms. The Morgan fingerprint density at radius 3 is 2.13 bits per heavy atom. The predicted molar refractivity (Wildman–Crippen MR) is 110 cm³/mol. The molecule has 0 saturated carbocycles. The quantitative estimate of drug-likeness (QED) is 0.600. The molecule has 0 saturated heterocycles. The Balaban J connectivity index is 1.93. The molecule has 0 fully saturated rings. The van der Waals surface area contributed by atoms with Crippen molar-refractivity contribution in [1.82, 2.24) is 9.62 Å². The van der Waals surface area contributed by atoms with Crippen molar-refractivity contribution in [2.45, 2.75) is 24.3 Å². The lowest BCUT2D eigenvalue weighted by molar-refractivity contribution is -0.128. The number of nitrogens with zero attached hydrogens (tertiary/aromatic N) is 1. The van der Waals surface area contributed by atoms with Crippen LogP contribution in [0.1, 0.15) is 22.8 Å². The highest BCUT2D eigenvalue weighted by atomic mass is 32.2. The van der Waals surface area contributed by atoms with Crippen molar-refractivity contribution >= 4 is 27.7 Å². The number of nitrogens with one attached hydrogen (secondary N) is 1. The Hall–Kier alpha value is -3.04. The third-order valence-electron chi connectivity index (χ3n) is 4.31. The second-order valence-electron chi connectivity index (χ2n) is 6.81. The molecule has 8 nitrogen and oxygen atoms in total. The van der Waals surface area contributed by atoms with Crippen molar-refractivity contribution in [3.8, 4) is 0 Å². The van der Waals surface area contributed by atoms with E-state index in [0.717, 1.165) is 9.87 Å². The molecule has 1 unspecified atom stereocenters. The molecule has 0 aliphatic heterocycles. The minimum atomic E-state index is -3.61. The van der Waals surface area contributed by atoms with E-state index in [1.54, 1.807) is 0 Å². The molecule has 0 aliphatic rings. The molecule has 0 aromatic heterocycles. The molecule has 2 aromatic rings. The molecule has 9 heteroatoms. The second kappa shape index (κ2) is 10.1. The summed E-state index contributed by atoms with van der Waals surface area (Å²) >= 11 is 0. The number of carbonyl (C=O) groups excluding carboxylic acids is 3. The minimum Gasteiger partial charge on any atom is -0.452 e. The lowest BCUT2D eigenvalue weighted by Crippen LogP contribution is -2.43. The van der Waals surface area contributed by atoms with Crippen LogP contribution in [0.5, 0.6) is 0 Å². The van der Waals surface area contributed by atoms with E-state index in [4.69, 9.17) is 4.74 Å². The number of hydrogen-bond acceptors (Lipinski definition) is 6. The van der Waals surface area contributed by atoms with Crippen molar-refractivity contribution in [2.24, 2.45) is 0 Å². The number of esters is 1. The standard InChI is InChI=1S/C21H24N2O6S/c1-15(24)19(13-16-7-5-4-6-8-16)22-20(25)14-29-21(26)17-9-11-18(12-10-17)30(27,28)23(2)3/h4-12,19H,13-14H2,1-3H3,(H,22,25).